The Balaban J connectivity index is 0.00000149. The van der Waals surface area contributed by atoms with Crippen molar-refractivity contribution < 1.29 is 4.79 Å². The first-order chi connectivity index (χ1) is 16.0. The van der Waals surface area contributed by atoms with E-state index in [0.717, 1.165) is 35.3 Å². The largest absolute Gasteiger partial charge is 0.378 e. The van der Waals surface area contributed by atoms with E-state index in [0.29, 0.717) is 5.56 Å². The van der Waals surface area contributed by atoms with Gasteiger partial charge in [-0.05, 0) is 78.4 Å². The van der Waals surface area contributed by atoms with Gasteiger partial charge in [0.25, 0.3) is 0 Å². The van der Waals surface area contributed by atoms with Crippen LogP contribution >= 0.6 is 0 Å². The van der Waals surface area contributed by atoms with Crippen molar-refractivity contribution in [1.29, 1.82) is 5.26 Å². The maximum Gasteiger partial charge on any atom is 0.224 e. The molecule has 0 fully saturated rings. The van der Waals surface area contributed by atoms with Crippen LogP contribution in [0.25, 0.3) is 11.1 Å². The molecule has 1 amide bonds. The summed E-state index contributed by atoms with van der Waals surface area (Å²) in [5, 5.41) is 12.7. The van der Waals surface area contributed by atoms with Gasteiger partial charge in [-0.1, -0.05) is 51.1 Å². The Hall–Kier alpha value is -3.58. The lowest BCUT2D eigenvalue weighted by molar-refractivity contribution is -0.117. The number of amides is 1. The Morgan fingerprint density at radius 2 is 1.67 bits per heavy atom. The second-order valence-electron chi connectivity index (χ2n) is 8.18. The van der Waals surface area contributed by atoms with Crippen molar-refractivity contribution in [2.75, 3.05) is 10.2 Å². The summed E-state index contributed by atoms with van der Waals surface area (Å²) in [6, 6.07) is 24.9. The molecule has 4 nitrogen and oxygen atoms in total. The van der Waals surface area contributed by atoms with Gasteiger partial charge in [-0.15, -0.1) is 0 Å². The SMILES string of the molecule is CC.CCc1ccc(-c2ccc3c(c2)C(Nc2ccc(C#N)cc2)CC(C)N3C(C)=O)cc1. The van der Waals surface area contributed by atoms with Crippen molar-refractivity contribution in [2.24, 2.45) is 0 Å². The van der Waals surface area contributed by atoms with Gasteiger partial charge in [0.15, 0.2) is 0 Å². The molecule has 3 aromatic carbocycles. The molecule has 0 radical (unpaired) electrons. The van der Waals surface area contributed by atoms with E-state index < -0.39 is 0 Å². The summed E-state index contributed by atoms with van der Waals surface area (Å²) in [5.74, 6) is 0.0608. The Morgan fingerprint density at radius 3 is 2.24 bits per heavy atom. The monoisotopic (exact) mass is 439 g/mol. The van der Waals surface area contributed by atoms with Gasteiger partial charge in [0, 0.05) is 24.3 Å². The van der Waals surface area contributed by atoms with Crippen molar-refractivity contribution >= 4 is 17.3 Å². The molecular formula is C29H33N3O. The predicted octanol–water partition coefficient (Wildman–Crippen LogP) is 7.11. The molecule has 1 aliphatic heterocycles. The van der Waals surface area contributed by atoms with Gasteiger partial charge in [-0.25, -0.2) is 0 Å². The second kappa shape index (κ2) is 10.8. The van der Waals surface area contributed by atoms with Crippen molar-refractivity contribution in [3.63, 3.8) is 0 Å². The number of nitrogens with zero attached hydrogens (tertiary/aromatic N) is 2. The highest BCUT2D eigenvalue weighted by Gasteiger charge is 2.32. The van der Waals surface area contributed by atoms with Crippen LogP contribution in [0.4, 0.5) is 11.4 Å². The molecule has 1 aliphatic rings. The molecule has 3 aromatic rings. The number of hydrogen-bond acceptors (Lipinski definition) is 3. The van der Waals surface area contributed by atoms with Crippen LogP contribution < -0.4 is 10.2 Å². The van der Waals surface area contributed by atoms with E-state index in [2.05, 4.69) is 67.7 Å². The van der Waals surface area contributed by atoms with Gasteiger partial charge >= 0.3 is 0 Å². The quantitative estimate of drug-likeness (QED) is 0.471. The number of nitriles is 1. The highest BCUT2D eigenvalue weighted by atomic mass is 16.2. The minimum Gasteiger partial charge on any atom is -0.378 e. The summed E-state index contributed by atoms with van der Waals surface area (Å²) >= 11 is 0. The molecule has 2 atom stereocenters. The Morgan fingerprint density at radius 1 is 1.03 bits per heavy atom. The number of benzene rings is 3. The Kier molecular flexibility index (Phi) is 7.90. The molecule has 1 heterocycles. The number of nitrogens with one attached hydrogen (secondary N) is 1. The summed E-state index contributed by atoms with van der Waals surface area (Å²) in [6.07, 6.45) is 1.83. The van der Waals surface area contributed by atoms with Crippen molar-refractivity contribution in [3.05, 3.63) is 83.4 Å². The molecule has 33 heavy (non-hydrogen) atoms. The molecule has 0 saturated carbocycles. The van der Waals surface area contributed by atoms with Crippen molar-refractivity contribution in [1.82, 2.24) is 0 Å². The summed E-state index contributed by atoms with van der Waals surface area (Å²) in [4.78, 5) is 14.3. The van der Waals surface area contributed by atoms with Crippen LogP contribution in [0.1, 0.15) is 63.8 Å². The van der Waals surface area contributed by atoms with Crippen LogP contribution in [-0.4, -0.2) is 11.9 Å². The number of carbonyl (C=O) groups is 1. The van der Waals surface area contributed by atoms with E-state index >= 15 is 0 Å². The zero-order valence-electron chi connectivity index (χ0n) is 20.2. The highest BCUT2D eigenvalue weighted by Crippen LogP contribution is 2.41. The van der Waals surface area contributed by atoms with Crippen LogP contribution in [0, 0.1) is 11.3 Å². The van der Waals surface area contributed by atoms with Gasteiger partial charge in [-0.3, -0.25) is 4.79 Å². The normalized spacial score (nSPS) is 16.7. The first kappa shape index (κ1) is 24.1. The summed E-state index contributed by atoms with van der Waals surface area (Å²) < 4.78 is 0. The van der Waals surface area contributed by atoms with Gasteiger partial charge < -0.3 is 10.2 Å². The summed E-state index contributed by atoms with van der Waals surface area (Å²) in [5.41, 5.74) is 7.33. The van der Waals surface area contributed by atoms with E-state index in [9.17, 15) is 4.79 Å². The lowest BCUT2D eigenvalue weighted by Crippen LogP contribution is -2.43. The first-order valence-corrected chi connectivity index (χ1v) is 11.8. The number of anilines is 2. The molecule has 0 saturated heterocycles. The van der Waals surface area contributed by atoms with E-state index in [1.54, 1.807) is 6.92 Å². The van der Waals surface area contributed by atoms with E-state index in [1.165, 1.54) is 11.1 Å². The number of hydrogen-bond donors (Lipinski definition) is 1. The van der Waals surface area contributed by atoms with Crippen molar-refractivity contribution in [2.45, 2.75) is 59.5 Å². The highest BCUT2D eigenvalue weighted by molar-refractivity contribution is 5.94. The zero-order valence-corrected chi connectivity index (χ0v) is 20.2. The third kappa shape index (κ3) is 5.26. The third-order valence-corrected chi connectivity index (χ3v) is 6.07. The summed E-state index contributed by atoms with van der Waals surface area (Å²) in [7, 11) is 0. The number of carbonyl (C=O) groups excluding carboxylic acids is 1. The standard InChI is InChI=1S/C27H27N3O.C2H6/c1-4-20-5-9-22(10-6-20)23-11-14-27-25(16-23)26(15-18(2)30(27)19(3)31)29-24-12-7-21(17-28)8-13-24;1-2/h5-14,16,18,26,29H,4,15H2,1-3H3;1-2H3. The molecule has 0 spiro atoms. The fraction of sp³-hybridized carbons (Fsp3) is 0.310. The molecule has 0 bridgehead atoms. The average molecular weight is 440 g/mol. The smallest absolute Gasteiger partial charge is 0.224 e. The molecule has 4 heteroatoms. The van der Waals surface area contributed by atoms with Crippen LogP contribution in [0.2, 0.25) is 0 Å². The van der Waals surface area contributed by atoms with Gasteiger partial charge in [0.2, 0.25) is 5.91 Å². The number of rotatable bonds is 4. The maximum absolute atomic E-state index is 12.4. The van der Waals surface area contributed by atoms with Crippen molar-refractivity contribution in [3.8, 4) is 17.2 Å². The first-order valence-electron chi connectivity index (χ1n) is 11.8. The lowest BCUT2D eigenvalue weighted by Gasteiger charge is -2.39. The molecule has 4 rings (SSSR count). The third-order valence-electron chi connectivity index (χ3n) is 6.07. The maximum atomic E-state index is 12.4. The van der Waals surface area contributed by atoms with Gasteiger partial charge in [0.05, 0.1) is 17.7 Å². The van der Waals surface area contributed by atoms with E-state index in [1.807, 2.05) is 43.0 Å². The molecule has 170 valence electrons. The number of fused-ring (bicyclic) bond motifs is 1. The fourth-order valence-electron chi connectivity index (χ4n) is 4.44. The second-order valence-corrected chi connectivity index (χ2v) is 8.18. The summed E-state index contributed by atoms with van der Waals surface area (Å²) in [6.45, 7) is 9.88. The molecular weight excluding hydrogens is 406 g/mol. The Labute approximate surface area is 197 Å². The minimum absolute atomic E-state index is 0.0608. The topological polar surface area (TPSA) is 56.1 Å². The molecule has 1 N–H and O–H groups in total. The van der Waals surface area contributed by atoms with E-state index in [4.69, 9.17) is 5.26 Å². The minimum atomic E-state index is 0.0608. The lowest BCUT2D eigenvalue weighted by atomic mass is 9.88. The fourth-order valence-corrected chi connectivity index (χ4v) is 4.44. The van der Waals surface area contributed by atoms with Gasteiger partial charge in [-0.2, -0.15) is 5.26 Å². The molecule has 0 aliphatic carbocycles. The Bertz CT molecular complexity index is 1130. The average Bonchev–Trinajstić information content (AvgIpc) is 2.85. The predicted molar refractivity (Wildman–Crippen MR) is 137 cm³/mol. The van der Waals surface area contributed by atoms with Crippen LogP contribution in [0.15, 0.2) is 66.7 Å². The van der Waals surface area contributed by atoms with Crippen LogP contribution in [0.3, 0.4) is 0 Å². The number of aryl methyl sites for hydroxylation is 1. The zero-order chi connectivity index (χ0) is 24.0. The van der Waals surface area contributed by atoms with Gasteiger partial charge in [0.1, 0.15) is 0 Å². The van der Waals surface area contributed by atoms with E-state index in [-0.39, 0.29) is 18.0 Å². The van der Waals surface area contributed by atoms with Crippen LogP contribution in [-0.2, 0) is 11.2 Å². The molecule has 0 aromatic heterocycles. The van der Waals surface area contributed by atoms with Crippen LogP contribution in [0.5, 0.6) is 0 Å². The molecule has 2 unspecified atom stereocenters.